The monoisotopic (exact) mass is 292 g/mol. The molecule has 0 aliphatic heterocycles. The summed E-state index contributed by atoms with van der Waals surface area (Å²) in [4.78, 5) is 8.88. The maximum Gasteiger partial charge on any atom is 0.191 e. The van der Waals surface area contributed by atoms with Crippen molar-refractivity contribution in [2.45, 2.75) is 25.0 Å². The molecule has 0 radical (unpaired) electrons. The van der Waals surface area contributed by atoms with E-state index in [1.165, 1.54) is 0 Å². The summed E-state index contributed by atoms with van der Waals surface area (Å²) in [7, 11) is 0. The quantitative estimate of drug-likeness (QED) is 0.575. The molecule has 2 aromatic rings. The Balaban J connectivity index is 1.94. The molecule has 2 N–H and O–H groups in total. The fraction of sp³-hybridized carbons (Fsp3) is 0.462. The first-order chi connectivity index (χ1) is 9.81. The number of aromatic nitrogens is 4. The average Bonchev–Trinajstić information content (AvgIpc) is 2.98. The van der Waals surface area contributed by atoms with Gasteiger partial charge >= 0.3 is 0 Å². The van der Waals surface area contributed by atoms with Crippen molar-refractivity contribution >= 4 is 23.4 Å². The molecule has 0 aliphatic rings. The molecule has 2 aromatic heterocycles. The van der Waals surface area contributed by atoms with Crippen LogP contribution in [0.3, 0.4) is 0 Å². The summed E-state index contributed by atoms with van der Waals surface area (Å²) in [6, 6.07) is 3.86. The molecule has 2 rings (SSSR count). The minimum Gasteiger partial charge on any atom is -0.370 e. The van der Waals surface area contributed by atoms with E-state index in [0.717, 1.165) is 42.8 Å². The highest BCUT2D eigenvalue weighted by Gasteiger charge is 2.03. The lowest BCUT2D eigenvalue weighted by Gasteiger charge is -2.10. The van der Waals surface area contributed by atoms with Gasteiger partial charge < -0.3 is 10.6 Å². The molecule has 0 aromatic carbocycles. The standard InChI is InChI=1S/C13H20N6S/c1-3-5-14-11-10-12(18-13(17-11)20-2)15-7-9-19-8-4-6-16-19/h4,6,8,10H,3,5,7,9H2,1-2H3,(H2,14,15,17,18). The predicted octanol–water partition coefficient (Wildman–Crippen LogP) is 2.33. The third-order valence-corrected chi connectivity index (χ3v) is 3.20. The second kappa shape index (κ2) is 7.74. The molecule has 0 saturated carbocycles. The van der Waals surface area contributed by atoms with Gasteiger partial charge in [-0.05, 0) is 18.7 Å². The van der Waals surface area contributed by atoms with E-state index in [4.69, 9.17) is 0 Å². The number of nitrogens with one attached hydrogen (secondary N) is 2. The van der Waals surface area contributed by atoms with Gasteiger partial charge in [0.1, 0.15) is 11.6 Å². The zero-order chi connectivity index (χ0) is 14.2. The normalized spacial score (nSPS) is 10.5. The van der Waals surface area contributed by atoms with Crippen molar-refractivity contribution in [1.29, 1.82) is 0 Å². The lowest BCUT2D eigenvalue weighted by Crippen LogP contribution is -2.13. The van der Waals surface area contributed by atoms with Gasteiger partial charge in [-0.3, -0.25) is 4.68 Å². The van der Waals surface area contributed by atoms with Crippen LogP contribution < -0.4 is 10.6 Å². The largest absolute Gasteiger partial charge is 0.370 e. The molecule has 6 nitrogen and oxygen atoms in total. The number of rotatable bonds is 8. The van der Waals surface area contributed by atoms with Gasteiger partial charge in [0.2, 0.25) is 0 Å². The van der Waals surface area contributed by atoms with Gasteiger partial charge in [-0.15, -0.1) is 0 Å². The van der Waals surface area contributed by atoms with E-state index >= 15 is 0 Å². The third kappa shape index (κ3) is 4.41. The number of anilines is 2. The van der Waals surface area contributed by atoms with Gasteiger partial charge in [-0.1, -0.05) is 18.7 Å². The smallest absolute Gasteiger partial charge is 0.191 e. The highest BCUT2D eigenvalue weighted by Crippen LogP contribution is 2.17. The molecule has 108 valence electrons. The zero-order valence-electron chi connectivity index (χ0n) is 11.8. The van der Waals surface area contributed by atoms with E-state index in [1.807, 2.05) is 29.3 Å². The SMILES string of the molecule is CCCNc1cc(NCCn2cccn2)nc(SC)n1. The van der Waals surface area contributed by atoms with Crippen LogP contribution in [-0.4, -0.2) is 39.1 Å². The van der Waals surface area contributed by atoms with Gasteiger partial charge in [0.05, 0.1) is 6.54 Å². The van der Waals surface area contributed by atoms with Crippen LogP contribution in [0.25, 0.3) is 0 Å². The number of hydrogen-bond donors (Lipinski definition) is 2. The highest BCUT2D eigenvalue weighted by atomic mass is 32.2. The minimum atomic E-state index is 0.771. The molecular weight excluding hydrogens is 272 g/mol. The van der Waals surface area contributed by atoms with E-state index < -0.39 is 0 Å². The van der Waals surface area contributed by atoms with E-state index in [-0.39, 0.29) is 0 Å². The summed E-state index contributed by atoms with van der Waals surface area (Å²) in [6.45, 7) is 4.63. The van der Waals surface area contributed by atoms with Crippen LogP contribution in [0, 0.1) is 0 Å². The van der Waals surface area contributed by atoms with E-state index in [9.17, 15) is 0 Å². The van der Waals surface area contributed by atoms with Gasteiger partial charge in [0.25, 0.3) is 0 Å². The number of thioether (sulfide) groups is 1. The van der Waals surface area contributed by atoms with Crippen LogP contribution in [0.15, 0.2) is 29.7 Å². The van der Waals surface area contributed by atoms with Crippen LogP contribution >= 0.6 is 11.8 Å². The third-order valence-electron chi connectivity index (χ3n) is 2.65. The van der Waals surface area contributed by atoms with Gasteiger partial charge in [-0.25, -0.2) is 9.97 Å². The number of hydrogen-bond acceptors (Lipinski definition) is 6. The molecular formula is C13H20N6S. The first-order valence-corrected chi connectivity index (χ1v) is 7.92. The summed E-state index contributed by atoms with van der Waals surface area (Å²) < 4.78 is 1.89. The molecule has 0 unspecified atom stereocenters. The topological polar surface area (TPSA) is 67.7 Å². The molecule has 7 heteroatoms. The van der Waals surface area contributed by atoms with Crippen LogP contribution in [-0.2, 0) is 6.54 Å². The minimum absolute atomic E-state index is 0.771. The molecule has 2 heterocycles. The summed E-state index contributed by atoms with van der Waals surface area (Å²) in [5.41, 5.74) is 0. The van der Waals surface area contributed by atoms with Crippen molar-refractivity contribution in [3.63, 3.8) is 0 Å². The second-order valence-corrected chi connectivity index (χ2v) is 5.02. The van der Waals surface area contributed by atoms with E-state index in [0.29, 0.717) is 0 Å². The average molecular weight is 292 g/mol. The van der Waals surface area contributed by atoms with Gasteiger partial charge in [0.15, 0.2) is 5.16 Å². The Bertz CT molecular complexity index is 514. The first-order valence-electron chi connectivity index (χ1n) is 6.70. The molecule has 0 atom stereocenters. The molecule has 0 bridgehead atoms. The van der Waals surface area contributed by atoms with Crippen LogP contribution in [0.1, 0.15) is 13.3 Å². The van der Waals surface area contributed by atoms with Crippen molar-refractivity contribution in [3.05, 3.63) is 24.5 Å². The zero-order valence-corrected chi connectivity index (χ0v) is 12.7. The Morgan fingerprint density at radius 3 is 2.55 bits per heavy atom. The second-order valence-electron chi connectivity index (χ2n) is 4.25. The molecule has 20 heavy (non-hydrogen) atoms. The fourth-order valence-corrected chi connectivity index (χ4v) is 2.06. The van der Waals surface area contributed by atoms with E-state index in [2.05, 4.69) is 32.6 Å². The van der Waals surface area contributed by atoms with Crippen LogP contribution in [0.4, 0.5) is 11.6 Å². The van der Waals surface area contributed by atoms with Crippen LogP contribution in [0.5, 0.6) is 0 Å². The summed E-state index contributed by atoms with van der Waals surface area (Å²) in [5, 5.41) is 11.5. The lowest BCUT2D eigenvalue weighted by atomic mass is 10.4. The van der Waals surface area contributed by atoms with Gasteiger partial charge in [-0.2, -0.15) is 5.10 Å². The fourth-order valence-electron chi connectivity index (χ4n) is 1.68. The van der Waals surface area contributed by atoms with Crippen LogP contribution in [0.2, 0.25) is 0 Å². The van der Waals surface area contributed by atoms with Crippen molar-refractivity contribution in [3.8, 4) is 0 Å². The predicted molar refractivity (Wildman–Crippen MR) is 83.3 cm³/mol. The Morgan fingerprint density at radius 2 is 1.95 bits per heavy atom. The van der Waals surface area contributed by atoms with Crippen molar-refractivity contribution in [2.24, 2.45) is 0 Å². The summed E-state index contributed by atoms with van der Waals surface area (Å²) in [5.74, 6) is 1.71. The Hall–Kier alpha value is -1.76. The molecule has 0 fully saturated rings. The summed E-state index contributed by atoms with van der Waals surface area (Å²) in [6.07, 6.45) is 6.78. The highest BCUT2D eigenvalue weighted by molar-refractivity contribution is 7.98. The Morgan fingerprint density at radius 1 is 1.20 bits per heavy atom. The summed E-state index contributed by atoms with van der Waals surface area (Å²) >= 11 is 1.54. The van der Waals surface area contributed by atoms with Crippen molar-refractivity contribution in [1.82, 2.24) is 19.7 Å². The number of nitrogens with zero attached hydrogens (tertiary/aromatic N) is 4. The maximum absolute atomic E-state index is 4.45. The molecule has 0 aliphatic carbocycles. The molecule has 0 spiro atoms. The molecule has 0 saturated heterocycles. The van der Waals surface area contributed by atoms with Crippen molar-refractivity contribution < 1.29 is 0 Å². The van der Waals surface area contributed by atoms with E-state index in [1.54, 1.807) is 18.0 Å². The van der Waals surface area contributed by atoms with Crippen molar-refractivity contribution in [2.75, 3.05) is 30.0 Å². The lowest BCUT2D eigenvalue weighted by molar-refractivity contribution is 0.636. The van der Waals surface area contributed by atoms with Gasteiger partial charge in [0, 0.05) is 31.5 Å². The molecule has 0 amide bonds. The maximum atomic E-state index is 4.45. The first kappa shape index (κ1) is 14.6. The Labute approximate surface area is 123 Å². The Kier molecular flexibility index (Phi) is 5.67.